The van der Waals surface area contributed by atoms with Crippen molar-refractivity contribution >= 4 is 27.5 Å². The van der Waals surface area contributed by atoms with Gasteiger partial charge in [-0.3, -0.25) is 4.79 Å². The summed E-state index contributed by atoms with van der Waals surface area (Å²) in [5, 5.41) is 3.37. The normalized spacial score (nSPS) is 11.4. The second-order valence-electron chi connectivity index (χ2n) is 6.28. The van der Waals surface area contributed by atoms with Crippen LogP contribution in [0.3, 0.4) is 0 Å². The van der Waals surface area contributed by atoms with E-state index in [0.29, 0.717) is 29.1 Å². The molecule has 0 saturated heterocycles. The Hall–Kier alpha value is -1.89. The van der Waals surface area contributed by atoms with Gasteiger partial charge in [-0.25, -0.2) is 13.1 Å². The van der Waals surface area contributed by atoms with Crippen LogP contribution in [0, 0.1) is 20.8 Å². The molecule has 0 aromatic heterocycles. The standard InChI is InChI=1S/C19H23ClN2O3S/c1-13-10-14(2)19(15(3)11-13)26(24,25)22-12-18(23)21-9-8-16-4-6-17(20)7-5-16/h4-7,10-11,22H,8-9,12H2,1-3H3,(H,21,23). The minimum absolute atomic E-state index is 0.233. The summed E-state index contributed by atoms with van der Waals surface area (Å²) in [5.41, 5.74) is 3.37. The summed E-state index contributed by atoms with van der Waals surface area (Å²) in [6.45, 7) is 5.54. The van der Waals surface area contributed by atoms with Gasteiger partial charge in [0.15, 0.2) is 0 Å². The highest BCUT2D eigenvalue weighted by atomic mass is 35.5. The van der Waals surface area contributed by atoms with Crippen molar-refractivity contribution in [2.75, 3.05) is 13.1 Å². The van der Waals surface area contributed by atoms with Crippen LogP contribution in [-0.2, 0) is 21.2 Å². The van der Waals surface area contributed by atoms with Gasteiger partial charge in [-0.15, -0.1) is 0 Å². The molecule has 2 aromatic carbocycles. The number of rotatable bonds is 7. The Morgan fingerprint density at radius 2 is 1.62 bits per heavy atom. The van der Waals surface area contributed by atoms with Crippen molar-refractivity contribution < 1.29 is 13.2 Å². The van der Waals surface area contributed by atoms with Crippen molar-refractivity contribution in [3.8, 4) is 0 Å². The maximum atomic E-state index is 12.5. The zero-order valence-corrected chi connectivity index (χ0v) is 16.7. The van der Waals surface area contributed by atoms with Crippen LogP contribution in [0.25, 0.3) is 0 Å². The van der Waals surface area contributed by atoms with Gasteiger partial charge in [0.25, 0.3) is 0 Å². The van der Waals surface area contributed by atoms with E-state index in [4.69, 9.17) is 11.6 Å². The van der Waals surface area contributed by atoms with Crippen LogP contribution in [0.4, 0.5) is 0 Å². The van der Waals surface area contributed by atoms with Crippen LogP contribution in [0.2, 0.25) is 5.02 Å². The smallest absolute Gasteiger partial charge is 0.241 e. The molecule has 2 aromatic rings. The minimum atomic E-state index is -3.74. The van der Waals surface area contributed by atoms with E-state index in [9.17, 15) is 13.2 Å². The molecule has 0 atom stereocenters. The number of halogens is 1. The van der Waals surface area contributed by atoms with Crippen molar-refractivity contribution in [2.45, 2.75) is 32.1 Å². The van der Waals surface area contributed by atoms with E-state index in [1.54, 1.807) is 26.0 Å². The topological polar surface area (TPSA) is 75.3 Å². The van der Waals surface area contributed by atoms with Crippen LogP contribution < -0.4 is 10.0 Å². The highest BCUT2D eigenvalue weighted by Crippen LogP contribution is 2.21. The predicted octanol–water partition coefficient (Wildman–Crippen LogP) is 2.90. The van der Waals surface area contributed by atoms with E-state index in [-0.39, 0.29) is 17.3 Å². The Balaban J connectivity index is 1.89. The molecule has 0 fully saturated rings. The maximum absolute atomic E-state index is 12.5. The van der Waals surface area contributed by atoms with Gasteiger partial charge in [0, 0.05) is 11.6 Å². The fourth-order valence-corrected chi connectivity index (χ4v) is 4.44. The molecule has 0 aliphatic heterocycles. The zero-order chi connectivity index (χ0) is 19.3. The van der Waals surface area contributed by atoms with Gasteiger partial charge in [0.1, 0.15) is 0 Å². The number of aryl methyl sites for hydroxylation is 3. The molecule has 0 aliphatic carbocycles. The number of carbonyl (C=O) groups excluding carboxylic acids is 1. The van der Waals surface area contributed by atoms with Gasteiger partial charge in [0.2, 0.25) is 15.9 Å². The first kappa shape index (κ1) is 20.4. The maximum Gasteiger partial charge on any atom is 0.241 e. The molecule has 140 valence electrons. The lowest BCUT2D eigenvalue weighted by molar-refractivity contribution is -0.119. The molecule has 5 nitrogen and oxygen atoms in total. The number of benzene rings is 2. The first-order chi connectivity index (χ1) is 12.2. The summed E-state index contributed by atoms with van der Waals surface area (Å²) in [6, 6.07) is 11.0. The molecule has 0 radical (unpaired) electrons. The summed E-state index contributed by atoms with van der Waals surface area (Å²) in [6.07, 6.45) is 0.645. The summed E-state index contributed by atoms with van der Waals surface area (Å²) < 4.78 is 27.4. The van der Waals surface area contributed by atoms with E-state index >= 15 is 0 Å². The van der Waals surface area contributed by atoms with E-state index in [1.165, 1.54) is 0 Å². The van der Waals surface area contributed by atoms with Crippen LogP contribution in [0.15, 0.2) is 41.3 Å². The van der Waals surface area contributed by atoms with Crippen molar-refractivity contribution in [1.82, 2.24) is 10.0 Å². The molecule has 26 heavy (non-hydrogen) atoms. The highest BCUT2D eigenvalue weighted by molar-refractivity contribution is 7.89. The third kappa shape index (κ3) is 5.56. The second-order valence-corrected chi connectivity index (χ2v) is 8.42. The van der Waals surface area contributed by atoms with Gasteiger partial charge >= 0.3 is 0 Å². The fourth-order valence-electron chi connectivity index (χ4n) is 2.88. The third-order valence-corrected chi connectivity index (χ3v) is 5.90. The molecule has 2 rings (SSSR count). The van der Waals surface area contributed by atoms with Gasteiger partial charge in [-0.2, -0.15) is 0 Å². The third-order valence-electron chi connectivity index (χ3n) is 3.95. The predicted molar refractivity (Wildman–Crippen MR) is 104 cm³/mol. The number of hydrogen-bond donors (Lipinski definition) is 2. The largest absolute Gasteiger partial charge is 0.355 e. The van der Waals surface area contributed by atoms with Crippen molar-refractivity contribution in [2.24, 2.45) is 0 Å². The monoisotopic (exact) mass is 394 g/mol. The number of hydrogen-bond acceptors (Lipinski definition) is 3. The van der Waals surface area contributed by atoms with E-state index < -0.39 is 10.0 Å². The Morgan fingerprint density at radius 1 is 1.04 bits per heavy atom. The molecule has 0 heterocycles. The van der Waals surface area contributed by atoms with Crippen molar-refractivity contribution in [3.05, 3.63) is 63.7 Å². The lowest BCUT2D eigenvalue weighted by atomic mass is 10.1. The first-order valence-electron chi connectivity index (χ1n) is 8.27. The Kier molecular flexibility index (Phi) is 6.81. The van der Waals surface area contributed by atoms with Gasteiger partial charge in [-0.1, -0.05) is 41.4 Å². The lowest BCUT2D eigenvalue weighted by Gasteiger charge is -2.13. The summed E-state index contributed by atoms with van der Waals surface area (Å²) in [7, 11) is -3.74. The number of amides is 1. The van der Waals surface area contributed by atoms with E-state index in [1.807, 2.05) is 31.2 Å². The average molecular weight is 395 g/mol. The molecule has 0 aliphatic rings. The summed E-state index contributed by atoms with van der Waals surface area (Å²) in [5.74, 6) is -0.370. The minimum Gasteiger partial charge on any atom is -0.355 e. The van der Waals surface area contributed by atoms with Gasteiger partial charge in [-0.05, 0) is 56.0 Å². The van der Waals surface area contributed by atoms with E-state index in [2.05, 4.69) is 10.0 Å². The lowest BCUT2D eigenvalue weighted by Crippen LogP contribution is -2.38. The second kappa shape index (κ2) is 8.66. The molecule has 0 bridgehead atoms. The number of nitrogens with one attached hydrogen (secondary N) is 2. The Morgan fingerprint density at radius 3 is 2.19 bits per heavy atom. The molecular formula is C19H23ClN2O3S. The average Bonchev–Trinajstić information content (AvgIpc) is 2.53. The van der Waals surface area contributed by atoms with Gasteiger partial charge < -0.3 is 5.32 Å². The molecular weight excluding hydrogens is 372 g/mol. The van der Waals surface area contributed by atoms with Crippen LogP contribution in [0.5, 0.6) is 0 Å². The molecule has 7 heteroatoms. The summed E-state index contributed by atoms with van der Waals surface area (Å²) >= 11 is 5.83. The molecule has 1 amide bonds. The molecule has 0 unspecified atom stereocenters. The molecule has 0 spiro atoms. The SMILES string of the molecule is Cc1cc(C)c(S(=O)(=O)NCC(=O)NCCc2ccc(Cl)cc2)c(C)c1. The zero-order valence-electron chi connectivity index (χ0n) is 15.1. The fraction of sp³-hybridized carbons (Fsp3) is 0.316. The Labute approximate surface area is 159 Å². The van der Waals surface area contributed by atoms with Crippen molar-refractivity contribution in [1.29, 1.82) is 0 Å². The quantitative estimate of drug-likeness (QED) is 0.758. The van der Waals surface area contributed by atoms with Crippen LogP contribution in [-0.4, -0.2) is 27.4 Å². The van der Waals surface area contributed by atoms with E-state index in [0.717, 1.165) is 11.1 Å². The van der Waals surface area contributed by atoms with Crippen LogP contribution >= 0.6 is 11.6 Å². The molecule has 0 saturated carbocycles. The summed E-state index contributed by atoms with van der Waals surface area (Å²) in [4.78, 5) is 12.2. The highest BCUT2D eigenvalue weighted by Gasteiger charge is 2.20. The number of sulfonamides is 1. The van der Waals surface area contributed by atoms with Crippen LogP contribution in [0.1, 0.15) is 22.3 Å². The first-order valence-corrected chi connectivity index (χ1v) is 10.1. The Bertz CT molecular complexity index is 870. The number of carbonyl (C=O) groups is 1. The van der Waals surface area contributed by atoms with Crippen molar-refractivity contribution in [3.63, 3.8) is 0 Å². The molecule has 2 N–H and O–H groups in total. The van der Waals surface area contributed by atoms with Gasteiger partial charge in [0.05, 0.1) is 11.4 Å².